The number of hydrogen-bond acceptors (Lipinski definition) is 4. The van der Waals surface area contributed by atoms with Crippen LogP contribution in [-0.2, 0) is 0 Å². The van der Waals surface area contributed by atoms with Gasteiger partial charge in [-0.25, -0.2) is 14.5 Å². The average Bonchev–Trinajstić information content (AvgIpc) is 2.78. The molecule has 0 spiro atoms. The Kier molecular flexibility index (Phi) is 2.55. The molecule has 1 N–H and O–H groups in total. The summed E-state index contributed by atoms with van der Waals surface area (Å²) in [5.74, 6) is 0.106. The maximum Gasteiger partial charge on any atom is 0.356 e. The zero-order chi connectivity index (χ0) is 11.5. The van der Waals surface area contributed by atoms with Crippen LogP contribution < -0.4 is 4.74 Å². The van der Waals surface area contributed by atoms with Crippen LogP contribution >= 0.6 is 0 Å². The summed E-state index contributed by atoms with van der Waals surface area (Å²) in [6.45, 7) is 0. The van der Waals surface area contributed by atoms with Crippen LogP contribution in [0, 0.1) is 0 Å². The molecule has 0 bridgehead atoms. The molecule has 6 nitrogen and oxygen atoms in total. The fourth-order valence-electron chi connectivity index (χ4n) is 1.19. The first-order valence-electron chi connectivity index (χ1n) is 4.50. The number of carboxylic acid groups (broad SMARTS) is 1. The SMILES string of the molecule is COc1ccc(-n2ccc(C(=O)O)n2)nc1. The number of methoxy groups -OCH3 is 1. The van der Waals surface area contributed by atoms with E-state index < -0.39 is 5.97 Å². The quantitative estimate of drug-likeness (QED) is 0.832. The van der Waals surface area contributed by atoms with Crippen LogP contribution in [0.5, 0.6) is 5.75 Å². The summed E-state index contributed by atoms with van der Waals surface area (Å²) in [6.07, 6.45) is 3.08. The van der Waals surface area contributed by atoms with Crippen molar-refractivity contribution < 1.29 is 14.6 Å². The number of pyridine rings is 1. The lowest BCUT2D eigenvalue weighted by Crippen LogP contribution is -2.02. The van der Waals surface area contributed by atoms with E-state index in [0.29, 0.717) is 11.6 Å². The number of nitrogens with zero attached hydrogens (tertiary/aromatic N) is 3. The average molecular weight is 219 g/mol. The topological polar surface area (TPSA) is 77.2 Å². The minimum Gasteiger partial charge on any atom is -0.495 e. The first-order valence-corrected chi connectivity index (χ1v) is 4.50. The second kappa shape index (κ2) is 4.01. The van der Waals surface area contributed by atoms with Crippen LogP contribution in [0.25, 0.3) is 5.82 Å². The molecule has 0 fully saturated rings. The molecule has 2 rings (SSSR count). The Hall–Kier alpha value is -2.37. The second-order valence-electron chi connectivity index (χ2n) is 3.01. The zero-order valence-electron chi connectivity index (χ0n) is 8.49. The number of carbonyl (C=O) groups is 1. The monoisotopic (exact) mass is 219 g/mol. The summed E-state index contributed by atoms with van der Waals surface area (Å²) in [5, 5.41) is 12.6. The van der Waals surface area contributed by atoms with E-state index in [1.807, 2.05) is 0 Å². The van der Waals surface area contributed by atoms with Crippen LogP contribution in [-0.4, -0.2) is 33.0 Å². The van der Waals surface area contributed by atoms with Crippen LogP contribution in [0.2, 0.25) is 0 Å². The summed E-state index contributed by atoms with van der Waals surface area (Å²) in [5.41, 5.74) is -0.0161. The first kappa shape index (κ1) is 10.2. The molecule has 0 aliphatic carbocycles. The van der Waals surface area contributed by atoms with Crippen molar-refractivity contribution >= 4 is 5.97 Å². The van der Waals surface area contributed by atoms with Gasteiger partial charge in [-0.1, -0.05) is 0 Å². The Morgan fingerprint density at radius 3 is 2.75 bits per heavy atom. The maximum absolute atomic E-state index is 10.6. The van der Waals surface area contributed by atoms with Gasteiger partial charge < -0.3 is 9.84 Å². The van der Waals surface area contributed by atoms with Gasteiger partial charge in [-0.3, -0.25) is 0 Å². The van der Waals surface area contributed by atoms with Crippen molar-refractivity contribution in [1.82, 2.24) is 14.8 Å². The van der Waals surface area contributed by atoms with Gasteiger partial charge in [-0.05, 0) is 18.2 Å². The van der Waals surface area contributed by atoms with Crippen molar-refractivity contribution in [1.29, 1.82) is 0 Å². The zero-order valence-corrected chi connectivity index (χ0v) is 8.49. The van der Waals surface area contributed by atoms with E-state index in [9.17, 15) is 4.79 Å². The van der Waals surface area contributed by atoms with Crippen molar-refractivity contribution in [2.24, 2.45) is 0 Å². The van der Waals surface area contributed by atoms with Gasteiger partial charge in [0.1, 0.15) is 5.75 Å². The predicted molar refractivity (Wildman–Crippen MR) is 54.9 cm³/mol. The van der Waals surface area contributed by atoms with E-state index in [4.69, 9.17) is 9.84 Å². The fourth-order valence-corrected chi connectivity index (χ4v) is 1.19. The molecule has 0 radical (unpaired) electrons. The molecule has 16 heavy (non-hydrogen) atoms. The molecule has 2 heterocycles. The van der Waals surface area contributed by atoms with Crippen molar-refractivity contribution in [2.45, 2.75) is 0 Å². The van der Waals surface area contributed by atoms with E-state index in [-0.39, 0.29) is 5.69 Å². The van der Waals surface area contributed by atoms with Gasteiger partial charge in [0.15, 0.2) is 11.5 Å². The van der Waals surface area contributed by atoms with Crippen LogP contribution in [0.1, 0.15) is 10.5 Å². The highest BCUT2D eigenvalue weighted by atomic mass is 16.5. The van der Waals surface area contributed by atoms with Crippen LogP contribution in [0.15, 0.2) is 30.6 Å². The number of rotatable bonds is 3. The third-order valence-corrected chi connectivity index (χ3v) is 2.00. The van der Waals surface area contributed by atoms with E-state index in [2.05, 4.69) is 10.1 Å². The Bertz CT molecular complexity index is 504. The Labute approximate surface area is 91.1 Å². The molecule has 0 saturated heterocycles. The lowest BCUT2D eigenvalue weighted by Gasteiger charge is -2.01. The Balaban J connectivity index is 2.31. The van der Waals surface area contributed by atoms with E-state index in [1.54, 1.807) is 19.2 Å². The van der Waals surface area contributed by atoms with Gasteiger partial charge in [-0.2, -0.15) is 5.10 Å². The fraction of sp³-hybridized carbons (Fsp3) is 0.100. The van der Waals surface area contributed by atoms with Gasteiger partial charge in [0.25, 0.3) is 0 Å². The van der Waals surface area contributed by atoms with E-state index in [1.165, 1.54) is 23.1 Å². The number of aromatic nitrogens is 3. The highest BCUT2D eigenvalue weighted by molar-refractivity contribution is 5.85. The van der Waals surface area contributed by atoms with Gasteiger partial charge in [0.05, 0.1) is 13.3 Å². The minimum atomic E-state index is -1.06. The summed E-state index contributed by atoms with van der Waals surface area (Å²) in [6, 6.07) is 4.83. The highest BCUT2D eigenvalue weighted by Crippen LogP contribution is 2.11. The third-order valence-electron chi connectivity index (χ3n) is 2.00. The normalized spacial score (nSPS) is 10.1. The molecule has 82 valence electrons. The van der Waals surface area contributed by atoms with Gasteiger partial charge in [-0.15, -0.1) is 0 Å². The van der Waals surface area contributed by atoms with Crippen molar-refractivity contribution in [3.05, 3.63) is 36.3 Å². The number of hydrogen-bond donors (Lipinski definition) is 1. The smallest absolute Gasteiger partial charge is 0.356 e. The van der Waals surface area contributed by atoms with Gasteiger partial charge >= 0.3 is 5.97 Å². The lowest BCUT2D eigenvalue weighted by molar-refractivity contribution is 0.0690. The molecule has 0 saturated carbocycles. The molecule has 0 aromatic carbocycles. The van der Waals surface area contributed by atoms with Crippen molar-refractivity contribution in [3.63, 3.8) is 0 Å². The van der Waals surface area contributed by atoms with Crippen molar-refractivity contribution in [3.8, 4) is 11.6 Å². The Morgan fingerprint density at radius 2 is 2.25 bits per heavy atom. The summed E-state index contributed by atoms with van der Waals surface area (Å²) in [4.78, 5) is 14.7. The molecular weight excluding hydrogens is 210 g/mol. The molecule has 2 aromatic rings. The largest absolute Gasteiger partial charge is 0.495 e. The molecule has 6 heteroatoms. The molecular formula is C10H9N3O3. The number of carboxylic acids is 1. The van der Waals surface area contributed by atoms with Crippen molar-refractivity contribution in [2.75, 3.05) is 7.11 Å². The van der Waals surface area contributed by atoms with Crippen LogP contribution in [0.3, 0.4) is 0 Å². The summed E-state index contributed by atoms with van der Waals surface area (Å²) < 4.78 is 6.35. The molecule has 0 amide bonds. The maximum atomic E-state index is 10.6. The Morgan fingerprint density at radius 1 is 1.44 bits per heavy atom. The number of aromatic carboxylic acids is 1. The molecule has 2 aromatic heterocycles. The first-order chi connectivity index (χ1) is 7.70. The third kappa shape index (κ3) is 1.85. The molecule has 0 aliphatic rings. The molecule has 0 atom stereocenters. The van der Waals surface area contributed by atoms with E-state index in [0.717, 1.165) is 0 Å². The predicted octanol–water partition coefficient (Wildman–Crippen LogP) is 0.974. The standard InChI is InChI=1S/C10H9N3O3/c1-16-7-2-3-9(11-6-7)13-5-4-8(12-13)10(14)15/h2-6H,1H3,(H,14,15). The second-order valence-corrected chi connectivity index (χ2v) is 3.01. The minimum absolute atomic E-state index is 0.0161. The number of ether oxygens (including phenoxy) is 1. The lowest BCUT2D eigenvalue weighted by atomic mass is 10.4. The molecule has 0 aliphatic heterocycles. The van der Waals surface area contributed by atoms with Gasteiger partial charge in [0, 0.05) is 6.20 Å². The van der Waals surface area contributed by atoms with Crippen LogP contribution in [0.4, 0.5) is 0 Å². The van der Waals surface area contributed by atoms with E-state index >= 15 is 0 Å². The summed E-state index contributed by atoms with van der Waals surface area (Å²) in [7, 11) is 1.55. The highest BCUT2D eigenvalue weighted by Gasteiger charge is 2.08. The molecule has 0 unspecified atom stereocenters. The summed E-state index contributed by atoms with van der Waals surface area (Å²) >= 11 is 0. The van der Waals surface area contributed by atoms with Gasteiger partial charge in [0.2, 0.25) is 0 Å².